The van der Waals surface area contributed by atoms with Crippen LogP contribution < -0.4 is 15.4 Å². The lowest BCUT2D eigenvalue weighted by Gasteiger charge is -2.15. The molecule has 0 saturated heterocycles. The number of hydrogen-bond acceptors (Lipinski definition) is 5. The highest BCUT2D eigenvalue weighted by molar-refractivity contribution is 6.32. The van der Waals surface area contributed by atoms with Gasteiger partial charge in [0.2, 0.25) is 5.91 Å². The minimum Gasteiger partial charge on any atom is -0.490 e. The molecular formula is C16H22Cl2N4O3. The molecule has 0 fully saturated rings. The van der Waals surface area contributed by atoms with Crippen molar-refractivity contribution >= 4 is 35.6 Å². The van der Waals surface area contributed by atoms with E-state index in [0.29, 0.717) is 29.7 Å². The number of anilines is 1. The predicted octanol–water partition coefficient (Wildman–Crippen LogP) is 2.42. The molecule has 1 atom stereocenters. The van der Waals surface area contributed by atoms with Crippen LogP contribution in [-0.4, -0.2) is 43.1 Å². The molecule has 138 valence electrons. The number of carbonyl (C=O) groups is 1. The molecule has 0 aliphatic heterocycles. The molecule has 9 heteroatoms. The van der Waals surface area contributed by atoms with Gasteiger partial charge in [-0.15, -0.1) is 12.4 Å². The molecule has 0 bridgehead atoms. The number of hydrogen-bond donors (Lipinski definition) is 2. The zero-order valence-electron chi connectivity index (χ0n) is 14.3. The van der Waals surface area contributed by atoms with Crippen LogP contribution in [0.1, 0.15) is 11.6 Å². The molecule has 2 rings (SSSR count). The first-order valence-electron chi connectivity index (χ1n) is 7.43. The van der Waals surface area contributed by atoms with Gasteiger partial charge in [0.1, 0.15) is 18.4 Å². The number of ether oxygens (including phenoxy) is 2. The summed E-state index contributed by atoms with van der Waals surface area (Å²) in [6.45, 7) is 0.883. The average molecular weight is 389 g/mol. The maximum atomic E-state index is 12.5. The van der Waals surface area contributed by atoms with Crippen LogP contribution in [0.3, 0.4) is 0 Å². The maximum Gasteiger partial charge on any atom is 0.246 e. The van der Waals surface area contributed by atoms with Crippen LogP contribution in [0.25, 0.3) is 0 Å². The Kier molecular flexibility index (Phi) is 8.71. The van der Waals surface area contributed by atoms with E-state index in [9.17, 15) is 4.79 Å². The number of halogens is 2. The predicted molar refractivity (Wildman–Crippen MR) is 99.7 cm³/mol. The highest BCUT2D eigenvalue weighted by Crippen LogP contribution is 2.28. The van der Waals surface area contributed by atoms with E-state index in [0.717, 1.165) is 5.56 Å². The lowest BCUT2D eigenvalue weighted by Crippen LogP contribution is -2.30. The van der Waals surface area contributed by atoms with Crippen molar-refractivity contribution in [3.05, 3.63) is 41.2 Å². The van der Waals surface area contributed by atoms with E-state index < -0.39 is 6.04 Å². The second-order valence-corrected chi connectivity index (χ2v) is 5.55. The molecule has 1 amide bonds. The van der Waals surface area contributed by atoms with Crippen molar-refractivity contribution in [2.45, 2.75) is 6.04 Å². The van der Waals surface area contributed by atoms with Crippen LogP contribution in [0.4, 0.5) is 5.69 Å². The smallest absolute Gasteiger partial charge is 0.246 e. The second-order valence-electron chi connectivity index (χ2n) is 5.14. The molecular weight excluding hydrogens is 367 g/mol. The van der Waals surface area contributed by atoms with Gasteiger partial charge in [-0.05, 0) is 25.2 Å². The molecule has 0 spiro atoms. The van der Waals surface area contributed by atoms with Gasteiger partial charge in [0.15, 0.2) is 0 Å². The van der Waals surface area contributed by atoms with E-state index in [1.54, 1.807) is 56.5 Å². The minimum atomic E-state index is -0.505. The molecule has 0 saturated carbocycles. The molecule has 2 N–H and O–H groups in total. The van der Waals surface area contributed by atoms with Crippen molar-refractivity contribution < 1.29 is 14.3 Å². The fourth-order valence-corrected chi connectivity index (χ4v) is 2.42. The average Bonchev–Trinajstić information content (AvgIpc) is 2.96. The summed E-state index contributed by atoms with van der Waals surface area (Å²) in [5.41, 5.74) is 1.37. The molecule has 1 heterocycles. The van der Waals surface area contributed by atoms with Crippen LogP contribution >= 0.6 is 24.0 Å². The van der Waals surface area contributed by atoms with Crippen LogP contribution in [-0.2, 0) is 16.6 Å². The summed E-state index contributed by atoms with van der Waals surface area (Å²) in [5, 5.41) is 10.3. The number of aromatic nitrogens is 2. The van der Waals surface area contributed by atoms with Gasteiger partial charge in [-0.25, -0.2) is 0 Å². The highest BCUT2D eigenvalue weighted by Gasteiger charge is 2.20. The van der Waals surface area contributed by atoms with Crippen LogP contribution in [0, 0.1) is 0 Å². The first kappa shape index (κ1) is 21.2. The van der Waals surface area contributed by atoms with Crippen molar-refractivity contribution in [3.63, 3.8) is 0 Å². The number of likely N-dealkylation sites (N-methyl/N-ethyl adjacent to an activating group) is 1. The summed E-state index contributed by atoms with van der Waals surface area (Å²) in [5.74, 6) is 0.346. The Bertz CT molecular complexity index is 694. The zero-order valence-corrected chi connectivity index (χ0v) is 15.9. The van der Waals surface area contributed by atoms with Gasteiger partial charge < -0.3 is 20.1 Å². The van der Waals surface area contributed by atoms with E-state index in [4.69, 9.17) is 21.1 Å². The molecule has 0 aliphatic rings. The summed E-state index contributed by atoms with van der Waals surface area (Å²) in [4.78, 5) is 12.5. The zero-order chi connectivity index (χ0) is 17.5. The Hall–Kier alpha value is -1.80. The standard InChI is InChI=1S/C16H21ClN4O3.ClH/c1-18-15(11-9-19-21(2)10-11)16(22)20-12-4-5-14(13(17)8-12)24-7-6-23-3;/h4-5,8-10,15,18H,6-7H2,1-3H3,(H,20,22);1H. The first-order valence-corrected chi connectivity index (χ1v) is 7.81. The number of nitrogens with zero attached hydrogens (tertiary/aromatic N) is 2. The van der Waals surface area contributed by atoms with E-state index in [2.05, 4.69) is 15.7 Å². The van der Waals surface area contributed by atoms with E-state index in [1.165, 1.54) is 0 Å². The summed E-state index contributed by atoms with van der Waals surface area (Å²) in [6.07, 6.45) is 3.45. The molecule has 1 aromatic carbocycles. The van der Waals surface area contributed by atoms with Gasteiger partial charge in [-0.1, -0.05) is 11.6 Å². The van der Waals surface area contributed by atoms with E-state index >= 15 is 0 Å². The summed E-state index contributed by atoms with van der Waals surface area (Å²) in [6, 6.07) is 4.60. The highest BCUT2D eigenvalue weighted by atomic mass is 35.5. The van der Waals surface area contributed by atoms with Gasteiger partial charge in [0.05, 0.1) is 17.8 Å². The first-order chi connectivity index (χ1) is 11.5. The topological polar surface area (TPSA) is 77.4 Å². The van der Waals surface area contributed by atoms with Gasteiger partial charge >= 0.3 is 0 Å². The van der Waals surface area contributed by atoms with Crippen molar-refractivity contribution in [2.75, 3.05) is 32.7 Å². The molecule has 7 nitrogen and oxygen atoms in total. The largest absolute Gasteiger partial charge is 0.490 e. The summed E-state index contributed by atoms with van der Waals surface area (Å²) in [7, 11) is 5.12. The van der Waals surface area contributed by atoms with Crippen molar-refractivity contribution in [1.29, 1.82) is 0 Å². The third kappa shape index (κ3) is 5.89. The third-order valence-electron chi connectivity index (χ3n) is 3.35. The second kappa shape index (κ2) is 10.2. The SMILES string of the molecule is CNC(C(=O)Nc1ccc(OCCOC)c(Cl)c1)c1cnn(C)c1.Cl. The molecule has 1 aromatic heterocycles. The number of methoxy groups -OCH3 is 1. The maximum absolute atomic E-state index is 12.5. The quantitative estimate of drug-likeness (QED) is 0.679. The minimum absolute atomic E-state index is 0. The molecule has 0 radical (unpaired) electrons. The third-order valence-corrected chi connectivity index (χ3v) is 3.65. The number of amides is 1. The normalized spacial score (nSPS) is 11.5. The van der Waals surface area contributed by atoms with Gasteiger partial charge in [0.25, 0.3) is 0 Å². The van der Waals surface area contributed by atoms with Crippen LogP contribution in [0.2, 0.25) is 5.02 Å². The Morgan fingerprint density at radius 1 is 1.40 bits per heavy atom. The lowest BCUT2D eigenvalue weighted by molar-refractivity contribution is -0.118. The number of rotatable bonds is 8. The van der Waals surface area contributed by atoms with Gasteiger partial charge in [-0.3, -0.25) is 9.48 Å². The van der Waals surface area contributed by atoms with Crippen molar-refractivity contribution in [2.24, 2.45) is 7.05 Å². The lowest BCUT2D eigenvalue weighted by atomic mass is 10.1. The molecule has 1 unspecified atom stereocenters. The fourth-order valence-electron chi connectivity index (χ4n) is 2.18. The van der Waals surface area contributed by atoms with Crippen molar-refractivity contribution in [1.82, 2.24) is 15.1 Å². The molecule has 2 aromatic rings. The number of carbonyl (C=O) groups excluding carboxylic acids is 1. The number of benzene rings is 1. The summed E-state index contributed by atoms with van der Waals surface area (Å²) >= 11 is 6.18. The Morgan fingerprint density at radius 2 is 2.16 bits per heavy atom. The molecule has 0 aliphatic carbocycles. The van der Waals surface area contributed by atoms with Crippen molar-refractivity contribution in [3.8, 4) is 5.75 Å². The monoisotopic (exact) mass is 388 g/mol. The fraction of sp³-hybridized carbons (Fsp3) is 0.375. The Labute approximate surface area is 158 Å². The van der Waals surface area contributed by atoms with Gasteiger partial charge in [0, 0.05) is 31.6 Å². The summed E-state index contributed by atoms with van der Waals surface area (Å²) < 4.78 is 12.1. The molecule has 25 heavy (non-hydrogen) atoms. The van der Waals surface area contributed by atoms with E-state index in [1.807, 2.05) is 0 Å². The van der Waals surface area contributed by atoms with E-state index in [-0.39, 0.29) is 18.3 Å². The van der Waals surface area contributed by atoms with Gasteiger partial charge in [-0.2, -0.15) is 5.10 Å². The number of aryl methyl sites for hydroxylation is 1. The number of nitrogens with one attached hydrogen (secondary N) is 2. The Balaban J connectivity index is 0.00000312. The Morgan fingerprint density at radius 3 is 2.72 bits per heavy atom. The van der Waals surface area contributed by atoms with Crippen LogP contribution in [0.5, 0.6) is 5.75 Å². The van der Waals surface area contributed by atoms with Crippen LogP contribution in [0.15, 0.2) is 30.6 Å².